The Morgan fingerprint density at radius 3 is 2.57 bits per heavy atom. The average Bonchev–Trinajstić information content (AvgIpc) is 3.16. The van der Waals surface area contributed by atoms with Crippen LogP contribution in [0.25, 0.3) is 22.0 Å². The second kappa shape index (κ2) is 8.11. The average molecular weight is 370 g/mol. The number of hydrogen-bond acceptors (Lipinski definition) is 2. The first-order chi connectivity index (χ1) is 13.8. The van der Waals surface area contributed by atoms with Crippen molar-refractivity contribution in [2.75, 3.05) is 13.2 Å². The number of hydrogen-bond donors (Lipinski definition) is 2. The van der Waals surface area contributed by atoms with Crippen molar-refractivity contribution in [2.45, 2.75) is 6.54 Å². The molecule has 0 fully saturated rings. The maximum atomic E-state index is 12.2. The molecule has 2 N–H and O–H groups in total. The van der Waals surface area contributed by atoms with Gasteiger partial charge in [-0.2, -0.15) is 0 Å². The molecule has 3 aromatic carbocycles. The quantitative estimate of drug-likeness (QED) is 0.537. The zero-order valence-electron chi connectivity index (χ0n) is 15.5. The van der Waals surface area contributed by atoms with E-state index < -0.39 is 0 Å². The van der Waals surface area contributed by atoms with Crippen LogP contribution in [0.3, 0.4) is 0 Å². The van der Waals surface area contributed by atoms with Crippen molar-refractivity contribution in [3.8, 4) is 11.1 Å². The van der Waals surface area contributed by atoms with E-state index in [1.165, 1.54) is 5.56 Å². The van der Waals surface area contributed by atoms with E-state index in [-0.39, 0.29) is 19.1 Å². The molecule has 4 rings (SSSR count). The maximum Gasteiger partial charge on any atom is 0.251 e. The summed E-state index contributed by atoms with van der Waals surface area (Å²) >= 11 is 0. The number of aliphatic hydroxyl groups is 1. The molecule has 140 valence electrons. The summed E-state index contributed by atoms with van der Waals surface area (Å²) in [6, 6.07) is 26.4. The van der Waals surface area contributed by atoms with Gasteiger partial charge in [0, 0.05) is 35.8 Å². The number of carbonyl (C=O) groups excluding carboxylic acids is 1. The lowest BCUT2D eigenvalue weighted by molar-refractivity contribution is 0.0945. The second-order valence-corrected chi connectivity index (χ2v) is 6.73. The third-order valence-electron chi connectivity index (χ3n) is 4.84. The summed E-state index contributed by atoms with van der Waals surface area (Å²) in [6.07, 6.45) is 2.11. The molecule has 4 heteroatoms. The van der Waals surface area contributed by atoms with Gasteiger partial charge in [0.15, 0.2) is 0 Å². The SMILES string of the molecule is O=C(NCCO)c1cccc(-c2cccc3c2ccn3Cc2ccccc2)c1. The number of carbonyl (C=O) groups is 1. The van der Waals surface area contributed by atoms with E-state index in [9.17, 15) is 4.79 Å². The Hall–Kier alpha value is -3.37. The van der Waals surface area contributed by atoms with Crippen LogP contribution >= 0.6 is 0 Å². The van der Waals surface area contributed by atoms with Crippen LogP contribution in [0, 0.1) is 0 Å². The maximum absolute atomic E-state index is 12.2. The van der Waals surface area contributed by atoms with Gasteiger partial charge in [-0.3, -0.25) is 4.79 Å². The highest BCUT2D eigenvalue weighted by molar-refractivity contribution is 5.99. The van der Waals surface area contributed by atoms with Crippen molar-refractivity contribution < 1.29 is 9.90 Å². The minimum absolute atomic E-state index is 0.0698. The molecule has 0 aliphatic heterocycles. The Morgan fingerprint density at radius 1 is 0.929 bits per heavy atom. The molecule has 4 aromatic rings. The minimum atomic E-state index is -0.176. The molecule has 0 bridgehead atoms. The van der Waals surface area contributed by atoms with Gasteiger partial charge in [0.05, 0.1) is 6.61 Å². The normalized spacial score (nSPS) is 10.9. The van der Waals surface area contributed by atoms with Crippen LogP contribution in [0.5, 0.6) is 0 Å². The Labute approximate surface area is 164 Å². The highest BCUT2D eigenvalue weighted by Crippen LogP contribution is 2.30. The van der Waals surface area contributed by atoms with E-state index in [1.807, 2.05) is 24.3 Å². The summed E-state index contributed by atoms with van der Waals surface area (Å²) in [4.78, 5) is 12.2. The molecule has 1 amide bonds. The van der Waals surface area contributed by atoms with Gasteiger partial charge in [-0.15, -0.1) is 0 Å². The summed E-state index contributed by atoms with van der Waals surface area (Å²) in [6.45, 7) is 0.998. The fourth-order valence-electron chi connectivity index (χ4n) is 3.49. The largest absolute Gasteiger partial charge is 0.395 e. The van der Waals surface area contributed by atoms with Gasteiger partial charge in [0.2, 0.25) is 0 Å². The molecular formula is C24H22N2O2. The lowest BCUT2D eigenvalue weighted by Gasteiger charge is -2.09. The van der Waals surface area contributed by atoms with Crippen LogP contribution in [0.4, 0.5) is 0 Å². The van der Waals surface area contributed by atoms with Crippen molar-refractivity contribution in [3.63, 3.8) is 0 Å². The number of benzene rings is 3. The van der Waals surface area contributed by atoms with Crippen LogP contribution < -0.4 is 5.32 Å². The van der Waals surface area contributed by atoms with Crippen molar-refractivity contribution in [3.05, 3.63) is 96.2 Å². The predicted molar refractivity (Wildman–Crippen MR) is 112 cm³/mol. The van der Waals surface area contributed by atoms with E-state index in [1.54, 1.807) is 6.07 Å². The molecule has 0 unspecified atom stereocenters. The van der Waals surface area contributed by atoms with Crippen LogP contribution in [0.15, 0.2) is 85.1 Å². The van der Waals surface area contributed by atoms with Gasteiger partial charge >= 0.3 is 0 Å². The molecule has 0 atom stereocenters. The van der Waals surface area contributed by atoms with Gasteiger partial charge in [-0.1, -0.05) is 54.6 Å². The first-order valence-electron chi connectivity index (χ1n) is 9.37. The Morgan fingerprint density at radius 2 is 1.75 bits per heavy atom. The van der Waals surface area contributed by atoms with Crippen molar-refractivity contribution >= 4 is 16.8 Å². The highest BCUT2D eigenvalue weighted by atomic mass is 16.3. The van der Waals surface area contributed by atoms with E-state index in [4.69, 9.17) is 5.11 Å². The Kier molecular flexibility index (Phi) is 5.22. The number of aliphatic hydroxyl groups excluding tert-OH is 1. The monoisotopic (exact) mass is 370 g/mol. The number of rotatable bonds is 6. The second-order valence-electron chi connectivity index (χ2n) is 6.73. The molecule has 0 saturated heterocycles. The van der Waals surface area contributed by atoms with Gasteiger partial charge in [0.25, 0.3) is 5.91 Å². The van der Waals surface area contributed by atoms with Crippen molar-refractivity contribution in [1.29, 1.82) is 0 Å². The Balaban J connectivity index is 1.69. The lowest BCUT2D eigenvalue weighted by Crippen LogP contribution is -2.26. The van der Waals surface area contributed by atoms with Crippen LogP contribution in [-0.4, -0.2) is 28.7 Å². The highest BCUT2D eigenvalue weighted by Gasteiger charge is 2.10. The molecule has 0 aliphatic carbocycles. The zero-order chi connectivity index (χ0) is 19.3. The van der Waals surface area contributed by atoms with Gasteiger partial charge < -0.3 is 15.0 Å². The third-order valence-corrected chi connectivity index (χ3v) is 4.84. The minimum Gasteiger partial charge on any atom is -0.395 e. The molecule has 1 heterocycles. The number of fused-ring (bicyclic) bond motifs is 1. The molecule has 0 spiro atoms. The fourth-order valence-corrected chi connectivity index (χ4v) is 3.49. The molecule has 1 aromatic heterocycles. The van der Waals surface area contributed by atoms with E-state index in [0.717, 1.165) is 28.6 Å². The van der Waals surface area contributed by atoms with Crippen molar-refractivity contribution in [1.82, 2.24) is 9.88 Å². The topological polar surface area (TPSA) is 54.3 Å². The van der Waals surface area contributed by atoms with Crippen LogP contribution in [0.2, 0.25) is 0 Å². The smallest absolute Gasteiger partial charge is 0.251 e. The summed E-state index contributed by atoms with van der Waals surface area (Å²) < 4.78 is 2.24. The number of nitrogens with one attached hydrogen (secondary N) is 1. The lowest BCUT2D eigenvalue weighted by atomic mass is 9.99. The Bertz CT molecular complexity index is 1100. The van der Waals surface area contributed by atoms with Crippen LogP contribution in [0.1, 0.15) is 15.9 Å². The molecule has 28 heavy (non-hydrogen) atoms. The standard InChI is InChI=1S/C24H22N2O2/c27-15-13-25-24(28)20-9-4-8-19(16-20)21-10-5-11-23-22(21)12-14-26(23)17-18-6-2-1-3-7-18/h1-12,14,16,27H,13,15,17H2,(H,25,28). The predicted octanol–water partition coefficient (Wildman–Crippen LogP) is 4.08. The van der Waals surface area contributed by atoms with Gasteiger partial charge in [-0.05, 0) is 41.0 Å². The zero-order valence-corrected chi connectivity index (χ0v) is 15.5. The number of aromatic nitrogens is 1. The van der Waals surface area contributed by atoms with E-state index in [0.29, 0.717) is 5.56 Å². The van der Waals surface area contributed by atoms with E-state index in [2.05, 4.69) is 64.6 Å². The van der Waals surface area contributed by atoms with Gasteiger partial charge in [-0.25, -0.2) is 0 Å². The first-order valence-corrected chi connectivity index (χ1v) is 9.37. The third kappa shape index (κ3) is 3.68. The summed E-state index contributed by atoms with van der Waals surface area (Å²) in [5.41, 5.74) is 5.11. The van der Waals surface area contributed by atoms with Crippen LogP contribution in [-0.2, 0) is 6.54 Å². The molecule has 0 saturated carbocycles. The molecule has 0 aliphatic rings. The van der Waals surface area contributed by atoms with Gasteiger partial charge in [0.1, 0.15) is 0 Å². The summed E-state index contributed by atoms with van der Waals surface area (Å²) in [7, 11) is 0. The fraction of sp³-hybridized carbons (Fsp3) is 0.125. The number of nitrogens with zero attached hydrogens (tertiary/aromatic N) is 1. The van der Waals surface area contributed by atoms with Crippen molar-refractivity contribution in [2.24, 2.45) is 0 Å². The summed E-state index contributed by atoms with van der Waals surface area (Å²) in [5.74, 6) is -0.176. The molecular weight excluding hydrogens is 348 g/mol. The van der Waals surface area contributed by atoms with E-state index >= 15 is 0 Å². The first kappa shape index (κ1) is 18.0. The summed E-state index contributed by atoms with van der Waals surface area (Å²) in [5, 5.41) is 12.8. The number of amides is 1. The molecule has 4 nitrogen and oxygen atoms in total. The molecule has 0 radical (unpaired) electrons.